The lowest BCUT2D eigenvalue weighted by atomic mass is 9.85. The predicted octanol–water partition coefficient (Wildman–Crippen LogP) is 4.77. The molecule has 1 saturated heterocycles. The number of aromatic nitrogens is 8. The highest BCUT2D eigenvalue weighted by Gasteiger charge is 2.33. The van der Waals surface area contributed by atoms with E-state index in [0.29, 0.717) is 59.7 Å². The first kappa shape index (κ1) is 28.4. The summed E-state index contributed by atoms with van der Waals surface area (Å²) in [5.74, 6) is 0.519. The van der Waals surface area contributed by atoms with Crippen LogP contribution in [0, 0.1) is 5.92 Å². The van der Waals surface area contributed by atoms with Gasteiger partial charge in [-0.25, -0.2) is 9.97 Å². The van der Waals surface area contributed by atoms with Crippen molar-refractivity contribution in [3.05, 3.63) is 96.5 Å². The van der Waals surface area contributed by atoms with Crippen molar-refractivity contribution in [3.63, 3.8) is 0 Å². The number of tetrazole rings is 1. The van der Waals surface area contributed by atoms with Crippen molar-refractivity contribution < 1.29 is 23.1 Å². The van der Waals surface area contributed by atoms with Gasteiger partial charge in [-0.2, -0.15) is 13.6 Å². The fraction of sp³-hybridized carbons (Fsp3) is 0.258. The Bertz CT molecular complexity index is 1950. The highest BCUT2D eigenvalue weighted by atomic mass is 19.3. The SMILES string of the molecule is O=C(c1cc(-c2nc3cc(-c4cn(C(F)F)cn4)ccc3o2)ccn1)N1CCC(C(c2ccccc2)n2nnc(CO)n2)CC1. The number of halogens is 2. The zero-order valence-electron chi connectivity index (χ0n) is 23.8. The fourth-order valence-corrected chi connectivity index (χ4v) is 5.74. The lowest BCUT2D eigenvalue weighted by molar-refractivity contribution is 0.0657. The number of nitrogens with zero attached hydrogens (tertiary/aromatic N) is 9. The van der Waals surface area contributed by atoms with Crippen molar-refractivity contribution in [1.82, 2.24) is 44.6 Å². The Morgan fingerprint density at radius 3 is 2.58 bits per heavy atom. The predicted molar refractivity (Wildman–Crippen MR) is 157 cm³/mol. The molecule has 6 aromatic rings. The van der Waals surface area contributed by atoms with Crippen LogP contribution in [0.1, 0.15) is 47.3 Å². The van der Waals surface area contributed by atoms with Gasteiger partial charge in [0.2, 0.25) is 5.89 Å². The molecule has 7 rings (SSSR count). The highest BCUT2D eigenvalue weighted by molar-refractivity contribution is 5.93. The second-order valence-electron chi connectivity index (χ2n) is 10.8. The molecule has 0 saturated carbocycles. The van der Waals surface area contributed by atoms with Crippen LogP contribution in [0.15, 0.2) is 83.8 Å². The number of likely N-dealkylation sites (tertiary alicyclic amines) is 1. The van der Waals surface area contributed by atoms with Crippen LogP contribution < -0.4 is 0 Å². The van der Waals surface area contributed by atoms with Crippen molar-refractivity contribution in [2.75, 3.05) is 13.1 Å². The van der Waals surface area contributed by atoms with Gasteiger partial charge >= 0.3 is 6.55 Å². The third-order valence-corrected chi connectivity index (χ3v) is 8.01. The van der Waals surface area contributed by atoms with Gasteiger partial charge in [-0.05, 0) is 59.9 Å². The molecule has 14 heteroatoms. The van der Waals surface area contributed by atoms with E-state index in [1.54, 1.807) is 46.2 Å². The number of imidazole rings is 1. The normalized spacial score (nSPS) is 14.8. The third-order valence-electron chi connectivity index (χ3n) is 8.01. The minimum Gasteiger partial charge on any atom is -0.436 e. The lowest BCUT2D eigenvalue weighted by Gasteiger charge is -2.35. The number of piperidine rings is 1. The van der Waals surface area contributed by atoms with Gasteiger partial charge in [0.25, 0.3) is 5.91 Å². The molecule has 1 aliphatic heterocycles. The fourth-order valence-electron chi connectivity index (χ4n) is 5.74. The molecule has 1 N–H and O–H groups in total. The van der Waals surface area contributed by atoms with Gasteiger partial charge in [0.1, 0.15) is 23.9 Å². The molecule has 0 radical (unpaired) electrons. The topological polar surface area (TPSA) is 141 Å². The van der Waals surface area contributed by atoms with Crippen LogP contribution in [-0.4, -0.2) is 68.7 Å². The maximum atomic E-state index is 13.5. The van der Waals surface area contributed by atoms with Crippen LogP contribution in [-0.2, 0) is 6.61 Å². The number of amides is 1. The molecule has 2 aromatic carbocycles. The van der Waals surface area contributed by atoms with Crippen LogP contribution in [0.5, 0.6) is 0 Å². The molecular formula is C31H27F2N9O3. The third kappa shape index (κ3) is 5.67. The molecular weight excluding hydrogens is 584 g/mol. The molecule has 45 heavy (non-hydrogen) atoms. The Morgan fingerprint density at radius 2 is 1.84 bits per heavy atom. The zero-order chi connectivity index (χ0) is 30.9. The number of rotatable bonds is 8. The lowest BCUT2D eigenvalue weighted by Crippen LogP contribution is -2.41. The number of fused-ring (bicyclic) bond motifs is 1. The minimum absolute atomic E-state index is 0.144. The Balaban J connectivity index is 1.07. The van der Waals surface area contributed by atoms with E-state index in [1.165, 1.54) is 6.20 Å². The number of hydrogen-bond donors (Lipinski definition) is 1. The molecule has 1 fully saturated rings. The number of oxazole rings is 1. The molecule has 1 aliphatic rings. The van der Waals surface area contributed by atoms with Gasteiger partial charge in [-0.3, -0.25) is 14.3 Å². The van der Waals surface area contributed by atoms with E-state index < -0.39 is 6.55 Å². The Labute approximate surface area is 255 Å². The molecule has 0 aliphatic carbocycles. The summed E-state index contributed by atoms with van der Waals surface area (Å²) in [4.78, 5) is 29.9. The maximum Gasteiger partial charge on any atom is 0.319 e. The quantitative estimate of drug-likeness (QED) is 0.258. The number of benzene rings is 2. The van der Waals surface area contributed by atoms with Crippen LogP contribution in [0.25, 0.3) is 33.8 Å². The van der Waals surface area contributed by atoms with Crippen molar-refractivity contribution in [2.45, 2.75) is 32.0 Å². The number of pyridine rings is 1. The molecule has 1 unspecified atom stereocenters. The van der Waals surface area contributed by atoms with Crippen LogP contribution in [0.4, 0.5) is 8.78 Å². The second-order valence-corrected chi connectivity index (χ2v) is 10.8. The Kier molecular flexibility index (Phi) is 7.55. The monoisotopic (exact) mass is 611 g/mol. The number of alkyl halides is 2. The Hall–Kier alpha value is -5.37. The van der Waals surface area contributed by atoms with E-state index >= 15 is 0 Å². The van der Waals surface area contributed by atoms with Gasteiger partial charge in [0, 0.05) is 36.6 Å². The first-order chi connectivity index (χ1) is 22.0. The first-order valence-electron chi connectivity index (χ1n) is 14.4. The molecule has 228 valence electrons. The summed E-state index contributed by atoms with van der Waals surface area (Å²) in [6, 6.07) is 18.3. The molecule has 12 nitrogen and oxygen atoms in total. The van der Waals surface area contributed by atoms with Crippen molar-refractivity contribution in [1.29, 1.82) is 0 Å². The number of carbonyl (C=O) groups is 1. The summed E-state index contributed by atoms with van der Waals surface area (Å²) in [5, 5.41) is 22.0. The Morgan fingerprint density at radius 1 is 1.02 bits per heavy atom. The largest absolute Gasteiger partial charge is 0.436 e. The average Bonchev–Trinajstić information content (AvgIpc) is 3.85. The molecule has 4 aromatic heterocycles. The standard InChI is InChI=1S/C31H27F2N9O3/c32-31(33)41-16-25(35-18-41)21-6-7-26-23(14-21)36-29(45-26)22-8-11-34-24(15-22)30(44)40-12-9-20(10-13-40)28(19-4-2-1-3-5-19)42-38-27(17-43)37-39-42/h1-8,11,14-16,18,20,28,31,43H,9-10,12-13,17H2. The van der Waals surface area contributed by atoms with Crippen molar-refractivity contribution in [3.8, 4) is 22.7 Å². The zero-order valence-corrected chi connectivity index (χ0v) is 23.8. The van der Waals surface area contributed by atoms with Crippen LogP contribution in [0.2, 0.25) is 0 Å². The number of aliphatic hydroxyl groups is 1. The molecule has 5 heterocycles. The number of carbonyl (C=O) groups excluding carboxylic acids is 1. The van der Waals surface area contributed by atoms with Crippen LogP contribution in [0.3, 0.4) is 0 Å². The van der Waals surface area contributed by atoms with Gasteiger partial charge in [0.05, 0.1) is 12.0 Å². The molecule has 0 bridgehead atoms. The van der Waals surface area contributed by atoms with E-state index in [2.05, 4.69) is 30.4 Å². The first-order valence-corrected chi connectivity index (χ1v) is 14.4. The summed E-state index contributed by atoms with van der Waals surface area (Å²) < 4.78 is 32.7. The average molecular weight is 612 g/mol. The summed E-state index contributed by atoms with van der Waals surface area (Å²) in [7, 11) is 0. The van der Waals surface area contributed by atoms with Gasteiger partial charge < -0.3 is 14.4 Å². The van der Waals surface area contributed by atoms with Crippen LogP contribution >= 0.6 is 0 Å². The number of hydrogen-bond acceptors (Lipinski definition) is 9. The van der Waals surface area contributed by atoms with Gasteiger partial charge in [-0.1, -0.05) is 30.3 Å². The molecule has 1 amide bonds. The second kappa shape index (κ2) is 12.0. The highest BCUT2D eigenvalue weighted by Crippen LogP contribution is 2.34. The van der Waals surface area contributed by atoms with E-state index in [9.17, 15) is 18.7 Å². The maximum absolute atomic E-state index is 13.5. The summed E-state index contributed by atoms with van der Waals surface area (Å²) in [5.41, 5.74) is 3.95. The smallest absolute Gasteiger partial charge is 0.319 e. The molecule has 1 atom stereocenters. The minimum atomic E-state index is -2.67. The van der Waals surface area contributed by atoms with Crippen molar-refractivity contribution in [2.24, 2.45) is 5.92 Å². The van der Waals surface area contributed by atoms with E-state index in [0.717, 1.165) is 16.5 Å². The van der Waals surface area contributed by atoms with E-state index in [1.807, 2.05) is 30.3 Å². The number of aliphatic hydroxyl groups excluding tert-OH is 1. The summed E-state index contributed by atoms with van der Waals surface area (Å²) in [6.07, 6.45) is 5.33. The van der Waals surface area contributed by atoms with Gasteiger partial charge in [-0.15, -0.1) is 10.2 Å². The summed E-state index contributed by atoms with van der Waals surface area (Å²) >= 11 is 0. The van der Waals surface area contributed by atoms with Crippen molar-refractivity contribution >= 4 is 17.0 Å². The van der Waals surface area contributed by atoms with E-state index in [4.69, 9.17) is 4.42 Å². The summed E-state index contributed by atoms with van der Waals surface area (Å²) in [6.45, 7) is -1.92. The van der Waals surface area contributed by atoms with E-state index in [-0.39, 0.29) is 36.0 Å². The molecule has 0 spiro atoms. The van der Waals surface area contributed by atoms with Gasteiger partial charge in [0.15, 0.2) is 11.4 Å².